The molecule has 25 heavy (non-hydrogen) atoms. The maximum atomic E-state index is 12.4. The lowest BCUT2D eigenvalue weighted by molar-refractivity contribution is -0.136. The molecule has 6 nitrogen and oxygen atoms in total. The molecule has 1 aromatic carbocycles. The summed E-state index contributed by atoms with van der Waals surface area (Å²) >= 11 is 0. The van der Waals surface area contributed by atoms with Gasteiger partial charge in [-0.15, -0.1) is 0 Å². The van der Waals surface area contributed by atoms with Crippen LogP contribution < -0.4 is 0 Å². The highest BCUT2D eigenvalue weighted by atomic mass is 16.5. The number of carbonyl (C=O) groups excluding carboxylic acids is 1. The highest BCUT2D eigenvalue weighted by Gasteiger charge is 2.24. The molecule has 0 N–H and O–H groups in total. The van der Waals surface area contributed by atoms with E-state index in [9.17, 15) is 4.79 Å². The van der Waals surface area contributed by atoms with Crippen LogP contribution >= 0.6 is 0 Å². The molecule has 1 aromatic heterocycles. The molecule has 0 atom stereocenters. The van der Waals surface area contributed by atoms with E-state index in [1.807, 2.05) is 17.3 Å². The molecule has 0 aliphatic carbocycles. The lowest BCUT2D eigenvalue weighted by Gasteiger charge is -2.34. The Morgan fingerprint density at radius 3 is 2.68 bits per heavy atom. The summed E-state index contributed by atoms with van der Waals surface area (Å²) in [4.78, 5) is 21.1. The second-order valence-corrected chi connectivity index (χ2v) is 7.10. The Bertz CT molecular complexity index is 715. The largest absolute Gasteiger partial charge is 0.378 e. The average Bonchev–Trinajstić information content (AvgIpc) is 3.07. The molecular formula is C19H26N4O2. The number of hydrogen-bond acceptors (Lipinski definition) is 4. The minimum Gasteiger partial charge on any atom is -0.378 e. The van der Waals surface area contributed by atoms with Gasteiger partial charge in [-0.25, -0.2) is 4.98 Å². The standard InChI is InChI=1S/C19H26N4O2/c24-19(22-9-11-25-12-10-22)14-21-7-5-16(6-8-21)13-23-15-20-17-3-1-2-4-18(17)23/h1-4,15-16H,5-14H2. The third-order valence-corrected chi connectivity index (χ3v) is 5.41. The van der Waals surface area contributed by atoms with Gasteiger partial charge in [0.2, 0.25) is 5.91 Å². The zero-order chi connectivity index (χ0) is 17.1. The number of para-hydroxylation sites is 2. The van der Waals surface area contributed by atoms with Crippen molar-refractivity contribution in [2.24, 2.45) is 5.92 Å². The van der Waals surface area contributed by atoms with Crippen LogP contribution in [0, 0.1) is 5.92 Å². The highest BCUT2D eigenvalue weighted by molar-refractivity contribution is 5.78. The fraction of sp³-hybridized carbons (Fsp3) is 0.579. The van der Waals surface area contributed by atoms with E-state index >= 15 is 0 Å². The predicted molar refractivity (Wildman–Crippen MR) is 96.3 cm³/mol. The second kappa shape index (κ2) is 7.54. The maximum Gasteiger partial charge on any atom is 0.236 e. The SMILES string of the molecule is O=C(CN1CCC(Cn2cnc3ccccc32)CC1)N1CCOCC1. The van der Waals surface area contributed by atoms with Gasteiger partial charge in [-0.3, -0.25) is 9.69 Å². The van der Waals surface area contributed by atoms with Gasteiger partial charge in [0.1, 0.15) is 0 Å². The van der Waals surface area contributed by atoms with Gasteiger partial charge >= 0.3 is 0 Å². The van der Waals surface area contributed by atoms with Crippen molar-refractivity contribution in [2.45, 2.75) is 19.4 Å². The topological polar surface area (TPSA) is 50.6 Å². The van der Waals surface area contributed by atoms with Gasteiger partial charge in [0.05, 0.1) is 37.1 Å². The molecule has 0 bridgehead atoms. The summed E-state index contributed by atoms with van der Waals surface area (Å²) in [5.41, 5.74) is 2.28. The van der Waals surface area contributed by atoms with E-state index in [1.54, 1.807) is 0 Å². The number of imidazole rings is 1. The quantitative estimate of drug-likeness (QED) is 0.847. The van der Waals surface area contributed by atoms with Gasteiger partial charge in [-0.2, -0.15) is 0 Å². The third kappa shape index (κ3) is 3.85. The van der Waals surface area contributed by atoms with E-state index in [-0.39, 0.29) is 5.91 Å². The number of piperidine rings is 1. The number of amides is 1. The van der Waals surface area contributed by atoms with Crippen LogP contribution in [0.15, 0.2) is 30.6 Å². The number of hydrogen-bond donors (Lipinski definition) is 0. The van der Waals surface area contributed by atoms with E-state index < -0.39 is 0 Å². The molecule has 6 heteroatoms. The van der Waals surface area contributed by atoms with Crippen molar-refractivity contribution in [3.63, 3.8) is 0 Å². The summed E-state index contributed by atoms with van der Waals surface area (Å²) in [5.74, 6) is 0.912. The summed E-state index contributed by atoms with van der Waals surface area (Å²) in [5, 5.41) is 0. The molecule has 0 spiro atoms. The van der Waals surface area contributed by atoms with E-state index in [2.05, 4.69) is 32.7 Å². The molecule has 0 radical (unpaired) electrons. The normalized spacial score (nSPS) is 20.2. The molecule has 2 aliphatic heterocycles. The van der Waals surface area contributed by atoms with Crippen LogP contribution in [0.1, 0.15) is 12.8 Å². The van der Waals surface area contributed by atoms with Crippen molar-refractivity contribution in [2.75, 3.05) is 45.9 Å². The number of carbonyl (C=O) groups is 1. The molecule has 134 valence electrons. The number of ether oxygens (including phenoxy) is 1. The molecule has 3 heterocycles. The first-order chi connectivity index (χ1) is 12.3. The van der Waals surface area contributed by atoms with E-state index in [0.717, 1.165) is 51.1 Å². The van der Waals surface area contributed by atoms with Crippen LogP contribution in [0.5, 0.6) is 0 Å². The summed E-state index contributed by atoms with van der Waals surface area (Å²) < 4.78 is 7.59. The smallest absolute Gasteiger partial charge is 0.236 e. The monoisotopic (exact) mass is 342 g/mol. The average molecular weight is 342 g/mol. The molecular weight excluding hydrogens is 316 g/mol. The van der Waals surface area contributed by atoms with Crippen LogP contribution in [-0.4, -0.2) is 71.2 Å². The van der Waals surface area contributed by atoms with Crippen molar-refractivity contribution < 1.29 is 9.53 Å². The Morgan fingerprint density at radius 1 is 1.12 bits per heavy atom. The highest BCUT2D eigenvalue weighted by Crippen LogP contribution is 2.21. The minimum absolute atomic E-state index is 0.252. The third-order valence-electron chi connectivity index (χ3n) is 5.41. The molecule has 0 unspecified atom stereocenters. The van der Waals surface area contributed by atoms with Crippen molar-refractivity contribution in [3.05, 3.63) is 30.6 Å². The summed E-state index contributed by atoms with van der Waals surface area (Å²) in [6, 6.07) is 8.30. The van der Waals surface area contributed by atoms with Crippen LogP contribution in [0.3, 0.4) is 0 Å². The lowest BCUT2D eigenvalue weighted by Crippen LogP contribution is -2.47. The van der Waals surface area contributed by atoms with Crippen LogP contribution in [0.2, 0.25) is 0 Å². The number of rotatable bonds is 4. The number of morpholine rings is 1. The predicted octanol–water partition coefficient (Wildman–Crippen LogP) is 1.61. The van der Waals surface area contributed by atoms with Gasteiger partial charge in [-0.05, 0) is 44.0 Å². The van der Waals surface area contributed by atoms with Gasteiger partial charge in [0.25, 0.3) is 0 Å². The van der Waals surface area contributed by atoms with Gasteiger partial charge in [0.15, 0.2) is 0 Å². The van der Waals surface area contributed by atoms with Gasteiger partial charge < -0.3 is 14.2 Å². The zero-order valence-electron chi connectivity index (χ0n) is 14.6. The number of aromatic nitrogens is 2. The van der Waals surface area contributed by atoms with E-state index in [0.29, 0.717) is 25.7 Å². The Balaban J connectivity index is 1.27. The van der Waals surface area contributed by atoms with E-state index in [4.69, 9.17) is 4.74 Å². The maximum absolute atomic E-state index is 12.4. The van der Waals surface area contributed by atoms with Crippen molar-refractivity contribution in [1.29, 1.82) is 0 Å². The van der Waals surface area contributed by atoms with E-state index in [1.165, 1.54) is 5.52 Å². The zero-order valence-corrected chi connectivity index (χ0v) is 14.6. The molecule has 2 saturated heterocycles. The first kappa shape index (κ1) is 16.5. The Hall–Kier alpha value is -1.92. The Kier molecular flexibility index (Phi) is 4.99. The molecule has 2 aromatic rings. The first-order valence-corrected chi connectivity index (χ1v) is 9.27. The van der Waals surface area contributed by atoms with Crippen LogP contribution in [-0.2, 0) is 16.1 Å². The number of likely N-dealkylation sites (tertiary alicyclic amines) is 1. The van der Waals surface area contributed by atoms with Gasteiger partial charge in [0, 0.05) is 19.6 Å². The molecule has 4 rings (SSSR count). The summed E-state index contributed by atoms with van der Waals surface area (Å²) in [7, 11) is 0. The van der Waals surface area contributed by atoms with Crippen LogP contribution in [0.25, 0.3) is 11.0 Å². The molecule has 2 fully saturated rings. The van der Waals surface area contributed by atoms with Crippen molar-refractivity contribution in [3.8, 4) is 0 Å². The number of fused-ring (bicyclic) bond motifs is 1. The molecule has 2 aliphatic rings. The molecule has 0 saturated carbocycles. The molecule has 1 amide bonds. The van der Waals surface area contributed by atoms with Crippen molar-refractivity contribution in [1.82, 2.24) is 19.4 Å². The second-order valence-electron chi connectivity index (χ2n) is 7.10. The van der Waals surface area contributed by atoms with Gasteiger partial charge in [-0.1, -0.05) is 12.1 Å². The van der Waals surface area contributed by atoms with Crippen molar-refractivity contribution >= 4 is 16.9 Å². The minimum atomic E-state index is 0.252. The fourth-order valence-corrected chi connectivity index (χ4v) is 3.87. The Labute approximate surface area is 148 Å². The summed E-state index contributed by atoms with van der Waals surface area (Å²) in [6.45, 7) is 6.42. The Morgan fingerprint density at radius 2 is 1.88 bits per heavy atom. The number of nitrogens with zero attached hydrogens (tertiary/aromatic N) is 4. The summed E-state index contributed by atoms with van der Waals surface area (Å²) in [6.07, 6.45) is 4.24. The lowest BCUT2D eigenvalue weighted by atomic mass is 9.96. The van der Waals surface area contributed by atoms with Crippen LogP contribution in [0.4, 0.5) is 0 Å². The number of benzene rings is 1. The fourth-order valence-electron chi connectivity index (χ4n) is 3.87. The first-order valence-electron chi connectivity index (χ1n) is 9.27.